The number of carbonyl (C=O) groups excluding carboxylic acids is 5. The predicted molar refractivity (Wildman–Crippen MR) is 310 cm³/mol. The molecule has 7 rings (SSSR count). The third-order valence-corrected chi connectivity index (χ3v) is 12.3. The number of carboxylic acid groups (broad SMARTS) is 1. The second-order valence-electron chi connectivity index (χ2n) is 18.9. The molecule has 0 aromatic heterocycles. The topological polar surface area (TPSA) is 263 Å². The molecule has 0 aliphatic rings. The molecule has 6 N–H and O–H groups in total. The average Bonchev–Trinajstić information content (AvgIpc) is 3.66. The van der Waals surface area contributed by atoms with E-state index in [0.29, 0.717) is 16.7 Å². The normalized spacial score (nSPS) is 11.3. The van der Waals surface area contributed by atoms with Crippen molar-refractivity contribution >= 4 is 58.3 Å². The molecule has 0 aliphatic carbocycles. The van der Waals surface area contributed by atoms with Crippen LogP contribution in [-0.2, 0) is 15.1 Å². The minimum Gasteiger partial charge on any atom is -0.485 e. The molecule has 7 aromatic carbocycles. The Hall–Kier alpha value is -10.6. The molecule has 0 spiro atoms. The van der Waals surface area contributed by atoms with Gasteiger partial charge in [-0.3, -0.25) is 34.1 Å². The third kappa shape index (κ3) is 14.4. The van der Waals surface area contributed by atoms with Crippen molar-refractivity contribution in [3.63, 3.8) is 0 Å². The Morgan fingerprint density at radius 3 is 1.45 bits per heavy atom. The highest BCUT2D eigenvalue weighted by atomic mass is 16.6. The first kappa shape index (κ1) is 59.1. The number of ether oxygens (including phenoxy) is 4. The van der Waals surface area contributed by atoms with E-state index < -0.39 is 70.6 Å². The maximum absolute atomic E-state index is 14.6. The van der Waals surface area contributed by atoms with Gasteiger partial charge in [0.2, 0.25) is 11.8 Å². The van der Waals surface area contributed by atoms with Gasteiger partial charge in [0.25, 0.3) is 23.4 Å². The zero-order valence-electron chi connectivity index (χ0n) is 45.3. The Bertz CT molecular complexity index is 3370. The average molecular weight is 1110 g/mol. The summed E-state index contributed by atoms with van der Waals surface area (Å²) < 4.78 is 24.0. The monoisotopic (exact) mass is 1110 g/mol. The fourth-order valence-electron chi connectivity index (χ4n) is 8.68. The number of benzene rings is 7. The molecule has 19 heteroatoms. The van der Waals surface area contributed by atoms with Gasteiger partial charge in [-0.2, -0.15) is 0 Å². The summed E-state index contributed by atoms with van der Waals surface area (Å²) in [6.07, 6.45) is 1.34. The summed E-state index contributed by atoms with van der Waals surface area (Å²) >= 11 is 0. The van der Waals surface area contributed by atoms with E-state index in [1.165, 1.54) is 72.8 Å². The number of nitrogens with zero attached hydrogens (tertiary/aromatic N) is 1. The van der Waals surface area contributed by atoms with Crippen LogP contribution >= 0.6 is 0 Å². The molecule has 1 atom stereocenters. The van der Waals surface area contributed by atoms with Crippen molar-refractivity contribution in [1.29, 1.82) is 0 Å². The number of carboxylic acids is 1. The second kappa shape index (κ2) is 27.3. The predicted octanol–water partition coefficient (Wildman–Crippen LogP) is 10.7. The highest BCUT2D eigenvalue weighted by Crippen LogP contribution is 2.43. The van der Waals surface area contributed by atoms with E-state index in [4.69, 9.17) is 18.9 Å². The number of carbonyl (C=O) groups is 6. The molecule has 0 saturated heterocycles. The Morgan fingerprint density at radius 2 is 1.00 bits per heavy atom. The van der Waals surface area contributed by atoms with Gasteiger partial charge in [0.15, 0.2) is 23.0 Å². The highest BCUT2D eigenvalue weighted by Gasteiger charge is 2.39. The van der Waals surface area contributed by atoms with Gasteiger partial charge in [-0.15, -0.1) is 0 Å². The van der Waals surface area contributed by atoms with Crippen molar-refractivity contribution in [1.82, 2.24) is 10.6 Å². The SMILES string of the molecule is C=CCOc1c(C(=O)O)ccc(NC(=O)c2ccc(NC(=O)c3ccc(NC(=O)[C@H](CC(=O)NC(c4ccccc4)(c4ccccc4)c4ccccc4)NC(=O)c4ccc([N+](=O)[O-])cc4)cc3)c(OC(C)C)c2OCC=C)c1OC(C)C. The molecule has 82 heavy (non-hydrogen) atoms. The largest absolute Gasteiger partial charge is 0.485 e. The lowest BCUT2D eigenvalue weighted by Gasteiger charge is -2.37. The van der Waals surface area contributed by atoms with Crippen LogP contribution in [0.1, 0.15) is 92.2 Å². The maximum Gasteiger partial charge on any atom is 0.339 e. The van der Waals surface area contributed by atoms with E-state index in [1.807, 2.05) is 91.0 Å². The fourth-order valence-corrected chi connectivity index (χ4v) is 8.68. The van der Waals surface area contributed by atoms with Crippen LogP contribution in [0.3, 0.4) is 0 Å². The van der Waals surface area contributed by atoms with E-state index >= 15 is 0 Å². The van der Waals surface area contributed by atoms with Gasteiger partial charge in [-0.05, 0) is 105 Å². The van der Waals surface area contributed by atoms with Crippen molar-refractivity contribution in [3.8, 4) is 23.0 Å². The number of aromatic carboxylic acids is 1. The number of amides is 5. The van der Waals surface area contributed by atoms with E-state index in [2.05, 4.69) is 39.7 Å². The van der Waals surface area contributed by atoms with Crippen LogP contribution < -0.4 is 45.5 Å². The van der Waals surface area contributed by atoms with Gasteiger partial charge in [0.05, 0.1) is 40.5 Å². The molecular weight excluding hydrogens is 1050 g/mol. The molecule has 0 bridgehead atoms. The van der Waals surface area contributed by atoms with Crippen molar-refractivity contribution < 1.29 is 57.7 Å². The highest BCUT2D eigenvalue weighted by molar-refractivity contribution is 6.11. The van der Waals surface area contributed by atoms with Crippen LogP contribution in [0.15, 0.2) is 189 Å². The van der Waals surface area contributed by atoms with E-state index in [0.717, 1.165) is 12.1 Å². The zero-order valence-corrected chi connectivity index (χ0v) is 45.3. The Labute approximate surface area is 473 Å². The van der Waals surface area contributed by atoms with Crippen LogP contribution in [0.5, 0.6) is 23.0 Å². The summed E-state index contributed by atoms with van der Waals surface area (Å²) in [5.74, 6) is -5.08. The van der Waals surface area contributed by atoms with Gasteiger partial charge in [-0.1, -0.05) is 116 Å². The molecule has 0 saturated carbocycles. The summed E-state index contributed by atoms with van der Waals surface area (Å²) in [4.78, 5) is 94.1. The summed E-state index contributed by atoms with van der Waals surface area (Å²) in [6.45, 7) is 14.1. The summed E-state index contributed by atoms with van der Waals surface area (Å²) in [7, 11) is 0. The molecule has 19 nitrogen and oxygen atoms in total. The van der Waals surface area contributed by atoms with Crippen LogP contribution in [0.4, 0.5) is 22.7 Å². The Morgan fingerprint density at radius 1 is 0.561 bits per heavy atom. The molecule has 5 amide bonds. The Balaban J connectivity index is 1.16. The summed E-state index contributed by atoms with van der Waals surface area (Å²) in [5, 5.41) is 35.5. The molecule has 0 unspecified atom stereocenters. The molecule has 0 fully saturated rings. The number of nitro groups is 1. The number of anilines is 3. The fraction of sp³-hybridized carbons (Fsp3) is 0.175. The number of hydrogen-bond donors (Lipinski definition) is 6. The first-order chi connectivity index (χ1) is 39.4. The van der Waals surface area contributed by atoms with E-state index in [1.54, 1.807) is 27.7 Å². The summed E-state index contributed by atoms with van der Waals surface area (Å²) in [5.41, 5.74) is 0.859. The molecule has 420 valence electrons. The van der Waals surface area contributed by atoms with E-state index in [9.17, 15) is 44.0 Å². The van der Waals surface area contributed by atoms with Gasteiger partial charge >= 0.3 is 5.97 Å². The summed E-state index contributed by atoms with van der Waals surface area (Å²) in [6, 6.07) is 42.4. The van der Waals surface area contributed by atoms with Crippen LogP contribution in [0, 0.1) is 10.1 Å². The molecule has 0 heterocycles. The number of hydrogen-bond acceptors (Lipinski definition) is 12. The zero-order chi connectivity index (χ0) is 58.9. The van der Waals surface area contributed by atoms with Gasteiger partial charge < -0.3 is 50.6 Å². The van der Waals surface area contributed by atoms with Crippen molar-refractivity contribution in [2.24, 2.45) is 0 Å². The molecular formula is C63H60N6O13. The number of rotatable bonds is 26. The van der Waals surface area contributed by atoms with E-state index in [-0.39, 0.29) is 81.2 Å². The molecule has 0 aliphatic heterocycles. The number of non-ortho nitro benzene ring substituents is 1. The molecule has 7 aromatic rings. The third-order valence-electron chi connectivity index (χ3n) is 12.3. The lowest BCUT2D eigenvalue weighted by Crippen LogP contribution is -2.52. The maximum atomic E-state index is 14.6. The lowest BCUT2D eigenvalue weighted by atomic mass is 9.77. The van der Waals surface area contributed by atoms with Crippen molar-refractivity contribution in [2.45, 2.75) is 57.9 Å². The van der Waals surface area contributed by atoms with Crippen LogP contribution in [0.25, 0.3) is 0 Å². The first-order valence-electron chi connectivity index (χ1n) is 25.9. The standard InChI is InChI=1S/C63H60N6O13/c1-7-36-79-54-48(60(73)66-51-35-33-49(62(75)76)55(80-37-8-2)57(51)82-40(5)6)32-34-50(56(54)81-39(3)4)65-58(71)41-24-28-46(29-25-41)64-61(74)52(67-59(72)42-26-30-47(31-27-42)69(77)78)38-53(70)68-63(43-18-12-9-13-19-43,44-20-14-10-15-21-44)45-22-16-11-17-23-45/h7-35,39-40,52H,1-2,36-38H2,3-6H3,(H,64,74)(H,65,71)(H,66,73)(H,67,72)(H,68,70)(H,75,76)/t52-/m0/s1. The minimum absolute atomic E-state index is 0.00369. The number of nitro benzene ring substituents is 1. The molecule has 0 radical (unpaired) electrons. The van der Waals surface area contributed by atoms with Gasteiger partial charge in [0, 0.05) is 28.9 Å². The number of nitrogens with one attached hydrogen (secondary N) is 5. The van der Waals surface area contributed by atoms with Gasteiger partial charge in [0.1, 0.15) is 30.4 Å². The second-order valence-corrected chi connectivity index (χ2v) is 18.9. The quantitative estimate of drug-likeness (QED) is 0.0128. The Kier molecular flexibility index (Phi) is 19.7. The smallest absolute Gasteiger partial charge is 0.339 e. The van der Waals surface area contributed by atoms with Crippen LogP contribution in [0.2, 0.25) is 0 Å². The van der Waals surface area contributed by atoms with Crippen LogP contribution in [-0.4, -0.2) is 77.0 Å². The lowest BCUT2D eigenvalue weighted by molar-refractivity contribution is -0.384. The first-order valence-corrected chi connectivity index (χ1v) is 25.9. The van der Waals surface area contributed by atoms with Crippen molar-refractivity contribution in [3.05, 3.63) is 238 Å². The minimum atomic E-state index is -1.52. The van der Waals surface area contributed by atoms with Gasteiger partial charge in [-0.25, -0.2) is 4.79 Å². The van der Waals surface area contributed by atoms with Crippen molar-refractivity contribution in [2.75, 3.05) is 29.2 Å².